The van der Waals surface area contributed by atoms with Crippen LogP contribution in [0.1, 0.15) is 17.3 Å². The van der Waals surface area contributed by atoms with E-state index in [0.717, 1.165) is 34.2 Å². The zero-order valence-electron chi connectivity index (χ0n) is 15.2. The Morgan fingerprint density at radius 2 is 1.43 bits per heavy atom. The fourth-order valence-corrected chi connectivity index (χ4v) is 3.34. The molecule has 2 heterocycles. The molecule has 0 spiro atoms. The van der Waals surface area contributed by atoms with Crippen LogP contribution in [0.3, 0.4) is 0 Å². The summed E-state index contributed by atoms with van der Waals surface area (Å²) < 4.78 is 1.92. The van der Waals surface area contributed by atoms with Gasteiger partial charge in [-0.25, -0.2) is 9.67 Å². The Hall–Kier alpha value is -3.86. The molecule has 1 aliphatic heterocycles. The lowest BCUT2D eigenvalue weighted by Crippen LogP contribution is -2.25. The Morgan fingerprint density at radius 1 is 0.786 bits per heavy atom. The van der Waals surface area contributed by atoms with Gasteiger partial charge in [0.15, 0.2) is 0 Å². The molecule has 1 aromatic heterocycles. The summed E-state index contributed by atoms with van der Waals surface area (Å²) in [4.78, 5) is 4.94. The topological polar surface area (TPSA) is 54.2 Å². The smallest absolute Gasteiger partial charge is 0.148 e. The van der Waals surface area contributed by atoms with Gasteiger partial charge in [-0.15, -0.1) is 0 Å². The molecule has 1 atom stereocenters. The number of para-hydroxylation sites is 2. The van der Waals surface area contributed by atoms with E-state index in [1.54, 1.807) is 0 Å². The highest BCUT2D eigenvalue weighted by atomic mass is 15.4. The summed E-state index contributed by atoms with van der Waals surface area (Å²) >= 11 is 0. The first-order chi connectivity index (χ1) is 13.9. The van der Waals surface area contributed by atoms with E-state index in [0.29, 0.717) is 0 Å². The minimum absolute atomic E-state index is 0.195. The molecule has 1 aliphatic rings. The summed E-state index contributed by atoms with van der Waals surface area (Å²) in [5, 5.41) is 11.6. The quantitative estimate of drug-likeness (QED) is 0.545. The summed E-state index contributed by atoms with van der Waals surface area (Å²) in [7, 11) is 0. The molecule has 3 aromatic carbocycles. The summed E-state index contributed by atoms with van der Waals surface area (Å²) in [5.74, 6) is 1.73. The SMILES string of the molecule is c1ccc(NC2=N[C@H](c3ccccc3)Nc3c2cnn3-c2ccccc2)cc1. The van der Waals surface area contributed by atoms with Gasteiger partial charge in [0.05, 0.1) is 17.4 Å². The van der Waals surface area contributed by atoms with Gasteiger partial charge in [-0.1, -0.05) is 66.7 Å². The lowest BCUT2D eigenvalue weighted by atomic mass is 10.1. The molecule has 0 saturated heterocycles. The predicted molar refractivity (Wildman–Crippen MR) is 113 cm³/mol. The molecule has 0 unspecified atom stereocenters. The van der Waals surface area contributed by atoms with E-state index in [4.69, 9.17) is 4.99 Å². The fraction of sp³-hybridized carbons (Fsp3) is 0.0435. The number of nitrogens with zero attached hydrogens (tertiary/aromatic N) is 3. The molecule has 28 heavy (non-hydrogen) atoms. The van der Waals surface area contributed by atoms with Crippen LogP contribution in [0.4, 0.5) is 11.5 Å². The second-order valence-electron chi connectivity index (χ2n) is 6.58. The van der Waals surface area contributed by atoms with Crippen LogP contribution in [0.2, 0.25) is 0 Å². The average Bonchev–Trinajstić information content (AvgIpc) is 3.20. The van der Waals surface area contributed by atoms with Gasteiger partial charge in [0.1, 0.15) is 17.8 Å². The molecule has 0 bridgehead atoms. The lowest BCUT2D eigenvalue weighted by Gasteiger charge is -2.25. The van der Waals surface area contributed by atoms with Crippen LogP contribution in [0.5, 0.6) is 0 Å². The van der Waals surface area contributed by atoms with Gasteiger partial charge in [0, 0.05) is 5.69 Å². The number of amidine groups is 1. The Bertz CT molecular complexity index is 1100. The van der Waals surface area contributed by atoms with Crippen LogP contribution >= 0.6 is 0 Å². The van der Waals surface area contributed by atoms with Gasteiger partial charge in [-0.2, -0.15) is 5.10 Å². The predicted octanol–water partition coefficient (Wildman–Crippen LogP) is 4.86. The van der Waals surface area contributed by atoms with Crippen LogP contribution in [0.25, 0.3) is 5.69 Å². The van der Waals surface area contributed by atoms with Crippen molar-refractivity contribution in [2.75, 3.05) is 10.6 Å². The van der Waals surface area contributed by atoms with E-state index in [-0.39, 0.29) is 6.17 Å². The van der Waals surface area contributed by atoms with Crippen molar-refractivity contribution in [3.63, 3.8) is 0 Å². The first kappa shape index (κ1) is 16.3. The molecule has 5 rings (SSSR count). The third-order valence-corrected chi connectivity index (χ3v) is 4.71. The van der Waals surface area contributed by atoms with Crippen molar-refractivity contribution in [2.24, 2.45) is 4.99 Å². The van der Waals surface area contributed by atoms with Gasteiger partial charge >= 0.3 is 0 Å². The molecule has 136 valence electrons. The second-order valence-corrected chi connectivity index (χ2v) is 6.58. The zero-order chi connectivity index (χ0) is 18.8. The van der Waals surface area contributed by atoms with Crippen LogP contribution < -0.4 is 10.6 Å². The maximum Gasteiger partial charge on any atom is 0.148 e. The van der Waals surface area contributed by atoms with E-state index in [9.17, 15) is 0 Å². The van der Waals surface area contributed by atoms with Crippen molar-refractivity contribution in [2.45, 2.75) is 6.17 Å². The Morgan fingerprint density at radius 3 is 2.14 bits per heavy atom. The highest BCUT2D eigenvalue weighted by Gasteiger charge is 2.26. The van der Waals surface area contributed by atoms with Gasteiger partial charge < -0.3 is 10.6 Å². The second kappa shape index (κ2) is 7.04. The van der Waals surface area contributed by atoms with E-state index in [1.807, 2.05) is 89.7 Å². The number of aromatic nitrogens is 2. The highest BCUT2D eigenvalue weighted by molar-refractivity contribution is 6.12. The molecular formula is C23H19N5. The normalized spacial score (nSPS) is 15.3. The number of nitrogens with one attached hydrogen (secondary N) is 2. The van der Waals surface area contributed by atoms with Gasteiger partial charge in [0.25, 0.3) is 0 Å². The van der Waals surface area contributed by atoms with Gasteiger partial charge in [-0.05, 0) is 29.8 Å². The molecule has 0 amide bonds. The number of benzene rings is 3. The molecule has 5 heteroatoms. The van der Waals surface area contributed by atoms with Crippen LogP contribution in [-0.4, -0.2) is 15.6 Å². The minimum atomic E-state index is -0.195. The average molecular weight is 365 g/mol. The number of aliphatic imine (C=N–C) groups is 1. The molecule has 0 fully saturated rings. The number of hydrogen-bond donors (Lipinski definition) is 2. The fourth-order valence-electron chi connectivity index (χ4n) is 3.34. The lowest BCUT2D eigenvalue weighted by molar-refractivity contribution is 0.791. The number of hydrogen-bond acceptors (Lipinski definition) is 4. The van der Waals surface area contributed by atoms with E-state index in [2.05, 4.69) is 27.9 Å². The van der Waals surface area contributed by atoms with Crippen molar-refractivity contribution in [1.82, 2.24) is 9.78 Å². The summed E-state index contributed by atoms with van der Waals surface area (Å²) in [5.41, 5.74) is 4.04. The van der Waals surface area contributed by atoms with E-state index < -0.39 is 0 Å². The van der Waals surface area contributed by atoms with Crippen LogP contribution in [-0.2, 0) is 0 Å². The largest absolute Gasteiger partial charge is 0.344 e. The van der Waals surface area contributed by atoms with Crippen LogP contribution in [0, 0.1) is 0 Å². The summed E-state index contributed by atoms with van der Waals surface area (Å²) in [6.45, 7) is 0. The molecule has 0 radical (unpaired) electrons. The van der Waals surface area contributed by atoms with Crippen molar-refractivity contribution >= 4 is 17.3 Å². The summed E-state index contributed by atoms with van der Waals surface area (Å²) in [6.07, 6.45) is 1.66. The zero-order valence-corrected chi connectivity index (χ0v) is 15.2. The Balaban J connectivity index is 1.60. The third kappa shape index (κ3) is 3.03. The van der Waals surface area contributed by atoms with Crippen molar-refractivity contribution < 1.29 is 0 Å². The monoisotopic (exact) mass is 365 g/mol. The summed E-state index contributed by atoms with van der Waals surface area (Å²) in [6, 6.07) is 30.4. The molecule has 0 saturated carbocycles. The van der Waals surface area contributed by atoms with E-state index in [1.165, 1.54) is 0 Å². The number of anilines is 2. The first-order valence-corrected chi connectivity index (χ1v) is 9.24. The molecular weight excluding hydrogens is 346 g/mol. The standard InChI is InChI=1S/C23H19N5/c1-4-10-17(11-5-1)21-26-22(25-18-12-6-2-7-13-18)20-16-24-28(23(20)27-21)19-14-8-3-9-15-19/h1-16,21,27H,(H,25,26)/t21-/m0/s1. The first-order valence-electron chi connectivity index (χ1n) is 9.24. The molecule has 4 aromatic rings. The van der Waals surface area contributed by atoms with Gasteiger partial charge in [0.2, 0.25) is 0 Å². The minimum Gasteiger partial charge on any atom is -0.344 e. The van der Waals surface area contributed by atoms with Crippen molar-refractivity contribution in [3.05, 3.63) is 108 Å². The third-order valence-electron chi connectivity index (χ3n) is 4.71. The van der Waals surface area contributed by atoms with E-state index >= 15 is 0 Å². The van der Waals surface area contributed by atoms with Gasteiger partial charge in [-0.3, -0.25) is 0 Å². The maximum absolute atomic E-state index is 4.94. The number of rotatable bonds is 3. The molecule has 2 N–H and O–H groups in total. The Kier molecular flexibility index (Phi) is 4.10. The van der Waals surface area contributed by atoms with Crippen LogP contribution in [0.15, 0.2) is 102 Å². The van der Waals surface area contributed by atoms with Crippen molar-refractivity contribution in [1.29, 1.82) is 0 Å². The number of fused-ring (bicyclic) bond motifs is 1. The molecule has 5 nitrogen and oxygen atoms in total. The maximum atomic E-state index is 4.94. The highest BCUT2D eigenvalue weighted by Crippen LogP contribution is 2.31. The Labute approximate surface area is 163 Å². The van der Waals surface area contributed by atoms with Crippen molar-refractivity contribution in [3.8, 4) is 5.69 Å². The molecule has 0 aliphatic carbocycles.